The molecule has 2 saturated carbocycles. The van der Waals surface area contributed by atoms with Crippen molar-refractivity contribution in [1.82, 2.24) is 25.3 Å². The summed E-state index contributed by atoms with van der Waals surface area (Å²) in [6, 6.07) is 1.94. The van der Waals surface area contributed by atoms with E-state index in [2.05, 4.69) is 25.7 Å². The third-order valence-corrected chi connectivity index (χ3v) is 6.25. The third-order valence-electron chi connectivity index (χ3n) is 6.25. The normalized spacial score (nSPS) is 27.3. The standard InChI is InChI=1S/C18H24N6O2/c1-11(16(25)24-8-5-18(3-4-18)6-9-24)20-17-23-22-15(26-17)13-10-12(13)14-2-7-19-21-14/h2,7,11-13H,3-6,8-10H2,1H3,(H,19,21)(H,20,23)/t11-,12?,13?/m1/s1. The Hall–Kier alpha value is -2.38. The van der Waals surface area contributed by atoms with Crippen LogP contribution in [0.2, 0.25) is 0 Å². The highest BCUT2D eigenvalue weighted by atomic mass is 16.4. The van der Waals surface area contributed by atoms with Gasteiger partial charge in [0.25, 0.3) is 0 Å². The van der Waals surface area contributed by atoms with Gasteiger partial charge < -0.3 is 14.6 Å². The Balaban J connectivity index is 1.16. The molecule has 0 bridgehead atoms. The van der Waals surface area contributed by atoms with Crippen molar-refractivity contribution in [3.63, 3.8) is 0 Å². The van der Waals surface area contributed by atoms with E-state index in [9.17, 15) is 4.79 Å². The fourth-order valence-corrected chi connectivity index (χ4v) is 4.11. The summed E-state index contributed by atoms with van der Waals surface area (Å²) in [5.41, 5.74) is 1.61. The maximum atomic E-state index is 12.7. The molecule has 0 aromatic carbocycles. The van der Waals surface area contributed by atoms with Gasteiger partial charge in [0, 0.05) is 31.1 Å². The number of aromatic nitrogens is 4. The van der Waals surface area contributed by atoms with Gasteiger partial charge in [0.2, 0.25) is 11.8 Å². The second-order valence-electron chi connectivity index (χ2n) is 8.08. The Labute approximate surface area is 151 Å². The zero-order valence-electron chi connectivity index (χ0n) is 14.9. The average molecular weight is 356 g/mol. The lowest BCUT2D eigenvalue weighted by Gasteiger charge is -2.33. The molecule has 1 amide bonds. The van der Waals surface area contributed by atoms with E-state index in [1.165, 1.54) is 12.8 Å². The van der Waals surface area contributed by atoms with Crippen molar-refractivity contribution in [1.29, 1.82) is 0 Å². The van der Waals surface area contributed by atoms with Gasteiger partial charge in [0.05, 0.1) is 5.69 Å². The van der Waals surface area contributed by atoms with Gasteiger partial charge in [-0.2, -0.15) is 5.10 Å². The van der Waals surface area contributed by atoms with Crippen LogP contribution in [0.25, 0.3) is 0 Å². The summed E-state index contributed by atoms with van der Waals surface area (Å²) in [6.45, 7) is 3.60. The first-order valence-corrected chi connectivity index (χ1v) is 9.52. The van der Waals surface area contributed by atoms with Crippen LogP contribution in [0, 0.1) is 5.41 Å². The van der Waals surface area contributed by atoms with Gasteiger partial charge in [-0.1, -0.05) is 5.10 Å². The molecule has 3 aliphatic rings. The quantitative estimate of drug-likeness (QED) is 0.852. The molecule has 8 nitrogen and oxygen atoms in total. The fraction of sp³-hybridized carbons (Fsp3) is 0.667. The maximum Gasteiger partial charge on any atom is 0.316 e. The molecule has 3 atom stereocenters. The topological polar surface area (TPSA) is 99.9 Å². The molecule has 138 valence electrons. The summed E-state index contributed by atoms with van der Waals surface area (Å²) in [5, 5.41) is 18.3. The minimum absolute atomic E-state index is 0.112. The van der Waals surface area contributed by atoms with Crippen LogP contribution in [0.15, 0.2) is 16.7 Å². The first-order valence-electron chi connectivity index (χ1n) is 9.52. The summed E-state index contributed by atoms with van der Waals surface area (Å²) in [7, 11) is 0. The highest BCUT2D eigenvalue weighted by Crippen LogP contribution is 2.54. The van der Waals surface area contributed by atoms with E-state index in [0.717, 1.165) is 38.0 Å². The monoisotopic (exact) mass is 356 g/mol. The van der Waals surface area contributed by atoms with Crippen LogP contribution in [0.1, 0.15) is 62.4 Å². The average Bonchev–Trinajstić information content (AvgIpc) is 3.48. The zero-order chi connectivity index (χ0) is 17.7. The molecule has 2 aromatic heterocycles. The Morgan fingerprint density at radius 3 is 2.81 bits per heavy atom. The summed E-state index contributed by atoms with van der Waals surface area (Å²) in [4.78, 5) is 14.6. The van der Waals surface area contributed by atoms with Gasteiger partial charge in [-0.3, -0.25) is 9.89 Å². The summed E-state index contributed by atoms with van der Waals surface area (Å²) < 4.78 is 5.75. The lowest BCUT2D eigenvalue weighted by Crippen LogP contribution is -2.45. The summed E-state index contributed by atoms with van der Waals surface area (Å²) in [5.74, 6) is 1.30. The molecule has 3 heterocycles. The van der Waals surface area contributed by atoms with Crippen molar-refractivity contribution in [2.24, 2.45) is 5.41 Å². The van der Waals surface area contributed by atoms with Gasteiger partial charge in [-0.05, 0) is 50.5 Å². The van der Waals surface area contributed by atoms with Gasteiger partial charge in [0.1, 0.15) is 6.04 Å². The van der Waals surface area contributed by atoms with Gasteiger partial charge in [-0.25, -0.2) is 0 Å². The maximum absolute atomic E-state index is 12.7. The third kappa shape index (κ3) is 2.87. The number of nitrogens with one attached hydrogen (secondary N) is 2. The number of anilines is 1. The SMILES string of the molecule is C[C@@H](Nc1nnc(C2CC2c2cc[nH]n2)o1)C(=O)N1CCC2(CC1)CC2. The molecule has 1 saturated heterocycles. The number of hydrogen-bond acceptors (Lipinski definition) is 6. The summed E-state index contributed by atoms with van der Waals surface area (Å²) >= 11 is 0. The molecule has 26 heavy (non-hydrogen) atoms. The lowest BCUT2D eigenvalue weighted by atomic mass is 9.93. The fourth-order valence-electron chi connectivity index (χ4n) is 4.11. The number of rotatable bonds is 5. The van der Waals surface area contributed by atoms with Crippen LogP contribution in [0.4, 0.5) is 6.01 Å². The predicted octanol–water partition coefficient (Wildman–Crippen LogP) is 2.27. The first kappa shape index (κ1) is 15.8. The number of hydrogen-bond donors (Lipinski definition) is 2. The van der Waals surface area contributed by atoms with Gasteiger partial charge in [0.15, 0.2) is 0 Å². The van der Waals surface area contributed by atoms with E-state index in [0.29, 0.717) is 23.2 Å². The lowest BCUT2D eigenvalue weighted by molar-refractivity contribution is -0.133. The second-order valence-corrected chi connectivity index (χ2v) is 8.08. The minimum atomic E-state index is -0.363. The molecular weight excluding hydrogens is 332 g/mol. The number of H-pyrrole nitrogens is 1. The van der Waals surface area contributed by atoms with Crippen LogP contribution in [-0.4, -0.2) is 50.3 Å². The van der Waals surface area contributed by atoms with Crippen molar-refractivity contribution < 1.29 is 9.21 Å². The van der Waals surface area contributed by atoms with E-state index < -0.39 is 0 Å². The van der Waals surface area contributed by atoms with Gasteiger partial charge >= 0.3 is 6.01 Å². The molecule has 2 aromatic rings. The number of carbonyl (C=O) groups is 1. The number of likely N-dealkylation sites (tertiary alicyclic amines) is 1. The number of amides is 1. The highest BCUT2D eigenvalue weighted by Gasteiger charge is 2.46. The van der Waals surface area contributed by atoms with Crippen molar-refractivity contribution in [3.8, 4) is 0 Å². The van der Waals surface area contributed by atoms with E-state index >= 15 is 0 Å². The molecule has 2 unspecified atom stereocenters. The molecule has 1 spiro atoms. The van der Waals surface area contributed by atoms with E-state index in [4.69, 9.17) is 4.42 Å². The Kier molecular flexibility index (Phi) is 3.55. The molecule has 2 aliphatic carbocycles. The minimum Gasteiger partial charge on any atom is -0.408 e. The second kappa shape index (κ2) is 5.82. The zero-order valence-corrected chi connectivity index (χ0v) is 14.9. The Morgan fingerprint density at radius 2 is 2.12 bits per heavy atom. The Morgan fingerprint density at radius 1 is 1.31 bits per heavy atom. The number of aromatic amines is 1. The Bertz CT molecular complexity index is 786. The van der Waals surface area contributed by atoms with E-state index in [-0.39, 0.29) is 17.9 Å². The van der Waals surface area contributed by atoms with Crippen LogP contribution in [0.5, 0.6) is 0 Å². The van der Waals surface area contributed by atoms with Crippen LogP contribution >= 0.6 is 0 Å². The molecular formula is C18H24N6O2. The molecule has 3 fully saturated rings. The molecule has 1 aliphatic heterocycles. The molecule has 8 heteroatoms. The smallest absolute Gasteiger partial charge is 0.316 e. The number of nitrogens with zero attached hydrogens (tertiary/aromatic N) is 4. The van der Waals surface area contributed by atoms with Crippen molar-refractivity contribution in [2.45, 2.75) is 56.9 Å². The van der Waals surface area contributed by atoms with Gasteiger partial charge in [-0.15, -0.1) is 5.10 Å². The van der Waals surface area contributed by atoms with Crippen LogP contribution in [-0.2, 0) is 4.79 Å². The van der Waals surface area contributed by atoms with Crippen molar-refractivity contribution in [3.05, 3.63) is 23.8 Å². The van der Waals surface area contributed by atoms with Crippen LogP contribution < -0.4 is 5.32 Å². The van der Waals surface area contributed by atoms with Crippen LogP contribution in [0.3, 0.4) is 0 Å². The first-order chi connectivity index (χ1) is 12.6. The highest BCUT2D eigenvalue weighted by molar-refractivity contribution is 5.83. The molecule has 2 N–H and O–H groups in total. The van der Waals surface area contributed by atoms with E-state index in [1.54, 1.807) is 0 Å². The number of carbonyl (C=O) groups excluding carboxylic acids is 1. The largest absolute Gasteiger partial charge is 0.408 e. The predicted molar refractivity (Wildman–Crippen MR) is 93.6 cm³/mol. The number of piperidine rings is 1. The van der Waals surface area contributed by atoms with E-state index in [1.807, 2.05) is 24.1 Å². The van der Waals surface area contributed by atoms with Crippen molar-refractivity contribution in [2.75, 3.05) is 18.4 Å². The molecule has 0 radical (unpaired) electrons. The molecule has 5 rings (SSSR count). The van der Waals surface area contributed by atoms with Crippen molar-refractivity contribution >= 4 is 11.9 Å². The summed E-state index contributed by atoms with van der Waals surface area (Å²) in [6.07, 6.45) is 7.77.